The third-order valence-electron chi connectivity index (χ3n) is 4.64. The van der Waals surface area contributed by atoms with Gasteiger partial charge in [-0.05, 0) is 32.4 Å². The first-order chi connectivity index (χ1) is 10.3. The molecule has 0 aromatic heterocycles. The summed E-state index contributed by atoms with van der Waals surface area (Å²) in [6, 6.07) is 1.58. The molecule has 6 nitrogen and oxygen atoms in total. The summed E-state index contributed by atoms with van der Waals surface area (Å²) in [6.45, 7) is 3.25. The summed E-state index contributed by atoms with van der Waals surface area (Å²) in [5, 5.41) is 19.3. The Balaban J connectivity index is 1.84. The van der Waals surface area contributed by atoms with Gasteiger partial charge in [-0.25, -0.2) is 4.79 Å². The molecule has 3 rings (SSSR count). The maximum absolute atomic E-state index is 12.4. The number of aliphatic hydroxyl groups is 1. The molecular weight excluding hydrogens is 342 g/mol. The number of amides is 1. The second-order valence-corrected chi connectivity index (χ2v) is 10.8. The van der Waals surface area contributed by atoms with Crippen LogP contribution in [0.15, 0.2) is 9.93 Å². The van der Waals surface area contributed by atoms with Gasteiger partial charge in [0.05, 0.1) is 10.3 Å². The highest BCUT2D eigenvalue weighted by molar-refractivity contribution is 8.23. The second kappa shape index (κ2) is 5.55. The molecule has 0 bridgehead atoms. The number of carboxylic acids is 1. The Labute approximate surface area is 138 Å². The van der Waals surface area contributed by atoms with Crippen molar-refractivity contribution in [2.75, 3.05) is 0 Å². The van der Waals surface area contributed by atoms with Crippen LogP contribution in [0.2, 0.25) is 12.1 Å². The van der Waals surface area contributed by atoms with Crippen molar-refractivity contribution in [2.24, 2.45) is 5.41 Å². The van der Waals surface area contributed by atoms with Crippen molar-refractivity contribution in [2.45, 2.75) is 49.1 Å². The van der Waals surface area contributed by atoms with Crippen LogP contribution >= 0.6 is 23.5 Å². The maximum Gasteiger partial charge on any atom is 0.354 e. The number of aliphatic carboxylic acids is 1. The van der Waals surface area contributed by atoms with E-state index in [4.69, 9.17) is 0 Å². The zero-order valence-electron chi connectivity index (χ0n) is 12.3. The summed E-state index contributed by atoms with van der Waals surface area (Å²) in [6.07, 6.45) is 0.0606. The van der Waals surface area contributed by atoms with Gasteiger partial charge in [-0.3, -0.25) is 9.69 Å². The Kier molecular flexibility index (Phi) is 4.13. The fraction of sp³-hybridized carbons (Fsp3) is 0.692. The van der Waals surface area contributed by atoms with Gasteiger partial charge in [-0.2, -0.15) is 0 Å². The van der Waals surface area contributed by atoms with Crippen LogP contribution < -0.4 is 0 Å². The van der Waals surface area contributed by atoms with Gasteiger partial charge in [0.15, 0.2) is 5.70 Å². The van der Waals surface area contributed by atoms with E-state index >= 15 is 0 Å². The van der Waals surface area contributed by atoms with Crippen molar-refractivity contribution < 1.29 is 24.6 Å². The molecule has 3 aliphatic rings. The standard InChI is InChI=1S/C13H18NO5S2Si/c1-6(15)13(2)11(18)14-8(9(16)17)10(21-12(13)14)20-7-3-4-22(19)5-7/h6-7,12,15,19H,3-5H2,1-2H3,(H,16,17)/t6-,7+,12-,13+/m1/s1. The zero-order chi connectivity index (χ0) is 16.2. The Bertz CT molecular complexity index is 569. The molecule has 1 radical (unpaired) electrons. The van der Waals surface area contributed by atoms with E-state index in [1.807, 2.05) is 0 Å². The monoisotopic (exact) mass is 360 g/mol. The van der Waals surface area contributed by atoms with Gasteiger partial charge in [0.25, 0.3) is 0 Å². The quantitative estimate of drug-likeness (QED) is 0.509. The van der Waals surface area contributed by atoms with Gasteiger partial charge in [0, 0.05) is 5.25 Å². The third kappa shape index (κ3) is 2.25. The van der Waals surface area contributed by atoms with Crippen LogP contribution in [-0.4, -0.2) is 57.6 Å². The number of rotatable bonds is 4. The number of carboxylic acid groups (broad SMARTS) is 1. The van der Waals surface area contributed by atoms with E-state index in [1.165, 1.54) is 28.4 Å². The highest BCUT2D eigenvalue weighted by atomic mass is 32.2. The van der Waals surface area contributed by atoms with Crippen LogP contribution in [-0.2, 0) is 9.59 Å². The SMILES string of the molecule is C[C@@H](O)[C@@]1(C)C(=O)N2C(C(=O)O)=C(S[C@H]3CC[Si](O)C3)S[C@@H]21. The van der Waals surface area contributed by atoms with Gasteiger partial charge in [-0.1, -0.05) is 11.8 Å². The van der Waals surface area contributed by atoms with E-state index in [9.17, 15) is 24.6 Å². The number of carbonyl (C=O) groups excluding carboxylic acids is 1. The van der Waals surface area contributed by atoms with Crippen LogP contribution in [0.3, 0.4) is 0 Å². The molecule has 3 aliphatic heterocycles. The van der Waals surface area contributed by atoms with E-state index in [0.29, 0.717) is 4.24 Å². The van der Waals surface area contributed by atoms with Crippen molar-refractivity contribution in [3.05, 3.63) is 9.93 Å². The molecule has 22 heavy (non-hydrogen) atoms. The van der Waals surface area contributed by atoms with Crippen molar-refractivity contribution in [3.8, 4) is 0 Å². The number of β-lactam (4-membered cyclic amide) rings is 1. The Hall–Kier alpha value is -0.483. The first-order valence-corrected chi connectivity index (χ1v) is 10.7. The second-order valence-electron chi connectivity index (χ2n) is 6.09. The van der Waals surface area contributed by atoms with E-state index in [2.05, 4.69) is 0 Å². The van der Waals surface area contributed by atoms with Gasteiger partial charge in [0.1, 0.15) is 10.8 Å². The first kappa shape index (κ1) is 16.4. The lowest BCUT2D eigenvalue weighted by Crippen LogP contribution is -2.68. The number of carbonyl (C=O) groups is 2. The molecule has 9 heteroatoms. The molecule has 0 aromatic rings. The Morgan fingerprint density at radius 2 is 2.27 bits per heavy atom. The van der Waals surface area contributed by atoms with Gasteiger partial charge in [-0.15, -0.1) is 11.8 Å². The normalized spacial score (nSPS) is 36.5. The van der Waals surface area contributed by atoms with E-state index < -0.39 is 26.5 Å². The molecule has 0 saturated carbocycles. The molecular formula is C13H18NO5S2Si. The summed E-state index contributed by atoms with van der Waals surface area (Å²) in [7, 11) is -1.26. The molecule has 1 amide bonds. The van der Waals surface area contributed by atoms with Gasteiger partial charge in [0.2, 0.25) is 14.9 Å². The molecule has 0 aliphatic carbocycles. The van der Waals surface area contributed by atoms with Crippen LogP contribution in [0.4, 0.5) is 0 Å². The Morgan fingerprint density at radius 1 is 1.59 bits per heavy atom. The number of nitrogens with zero attached hydrogens (tertiary/aromatic N) is 1. The minimum atomic E-state index is -1.26. The number of hydrogen-bond donors (Lipinski definition) is 3. The van der Waals surface area contributed by atoms with Crippen LogP contribution in [0.1, 0.15) is 20.3 Å². The van der Waals surface area contributed by atoms with Gasteiger partial charge >= 0.3 is 5.97 Å². The van der Waals surface area contributed by atoms with E-state index in [1.54, 1.807) is 13.8 Å². The molecule has 3 N–H and O–H groups in total. The lowest BCUT2D eigenvalue weighted by Gasteiger charge is -2.51. The highest BCUT2D eigenvalue weighted by Gasteiger charge is 2.66. The molecule has 0 unspecified atom stereocenters. The highest BCUT2D eigenvalue weighted by Crippen LogP contribution is 2.60. The first-order valence-electron chi connectivity index (χ1n) is 7.13. The average Bonchev–Trinajstić information content (AvgIpc) is 3.00. The lowest BCUT2D eigenvalue weighted by molar-refractivity contribution is -0.170. The molecule has 3 heterocycles. The molecule has 0 aromatic carbocycles. The van der Waals surface area contributed by atoms with Gasteiger partial charge < -0.3 is 15.0 Å². The maximum atomic E-state index is 12.4. The molecule has 4 atom stereocenters. The number of thioether (sulfide) groups is 2. The van der Waals surface area contributed by atoms with Crippen molar-refractivity contribution in [1.82, 2.24) is 4.90 Å². The molecule has 2 fully saturated rings. The number of hydrogen-bond acceptors (Lipinski definition) is 6. The van der Waals surface area contributed by atoms with E-state index in [0.717, 1.165) is 18.5 Å². The van der Waals surface area contributed by atoms with Crippen LogP contribution in [0.25, 0.3) is 0 Å². The predicted octanol–water partition coefficient (Wildman–Crippen LogP) is 1.03. The van der Waals surface area contributed by atoms with Crippen molar-refractivity contribution >= 4 is 44.4 Å². The number of fused-ring (bicyclic) bond motifs is 1. The lowest BCUT2D eigenvalue weighted by atomic mass is 9.75. The summed E-state index contributed by atoms with van der Waals surface area (Å²) in [4.78, 5) is 35.0. The average molecular weight is 361 g/mol. The summed E-state index contributed by atoms with van der Waals surface area (Å²) >= 11 is 2.83. The van der Waals surface area contributed by atoms with Crippen molar-refractivity contribution in [1.29, 1.82) is 0 Å². The Morgan fingerprint density at radius 3 is 2.77 bits per heavy atom. The minimum absolute atomic E-state index is 0.0433. The predicted molar refractivity (Wildman–Crippen MR) is 86.3 cm³/mol. The number of aliphatic hydroxyl groups excluding tert-OH is 1. The summed E-state index contributed by atoms with van der Waals surface area (Å²) < 4.78 is 0.636. The molecule has 121 valence electrons. The zero-order valence-corrected chi connectivity index (χ0v) is 14.9. The minimum Gasteiger partial charge on any atom is -0.477 e. The van der Waals surface area contributed by atoms with Crippen molar-refractivity contribution in [3.63, 3.8) is 0 Å². The molecule has 2 saturated heterocycles. The van der Waals surface area contributed by atoms with Crippen LogP contribution in [0.5, 0.6) is 0 Å². The topological polar surface area (TPSA) is 98.1 Å². The molecule has 0 spiro atoms. The summed E-state index contributed by atoms with van der Waals surface area (Å²) in [5.74, 6) is -1.43. The summed E-state index contributed by atoms with van der Waals surface area (Å²) in [5.41, 5.74) is -0.892. The third-order valence-corrected chi connectivity index (χ3v) is 9.82. The van der Waals surface area contributed by atoms with Crippen LogP contribution in [0, 0.1) is 5.41 Å². The largest absolute Gasteiger partial charge is 0.477 e. The van der Waals surface area contributed by atoms with E-state index in [-0.39, 0.29) is 22.2 Å². The fourth-order valence-corrected chi connectivity index (χ4v) is 8.85. The smallest absolute Gasteiger partial charge is 0.354 e. The fourth-order valence-electron chi connectivity index (χ4n) is 3.03.